The minimum atomic E-state index is -4.17. The summed E-state index contributed by atoms with van der Waals surface area (Å²) in [6.45, 7) is 0. The van der Waals surface area contributed by atoms with Crippen LogP contribution in [0.4, 0.5) is 13.2 Å². The van der Waals surface area contributed by atoms with E-state index in [1.165, 1.54) is 0 Å². The Bertz CT molecular complexity index is 782. The lowest BCUT2D eigenvalue weighted by molar-refractivity contribution is -0.165. The number of nitrogens with zero attached hydrogens (tertiary/aromatic N) is 3. The number of alkyl halides is 3. The highest BCUT2D eigenvalue weighted by Crippen LogP contribution is 2.51. The van der Waals surface area contributed by atoms with Crippen LogP contribution in [0.3, 0.4) is 0 Å². The first-order chi connectivity index (χ1) is 12.0. The van der Waals surface area contributed by atoms with E-state index in [0.717, 1.165) is 24.8 Å². The highest BCUT2D eigenvalue weighted by molar-refractivity contribution is 5.47. The normalized spacial score (nSPS) is 23.8. The zero-order valence-corrected chi connectivity index (χ0v) is 13.6. The van der Waals surface area contributed by atoms with E-state index in [0.29, 0.717) is 35.8 Å². The smallest absolute Gasteiger partial charge is 0.339 e. The molecular weight excluding hydrogens is 331 g/mol. The molecular formula is C18H18F3N3O. The summed E-state index contributed by atoms with van der Waals surface area (Å²) < 4.78 is 45.4. The molecule has 2 heterocycles. The Morgan fingerprint density at radius 3 is 2.64 bits per heavy atom. The van der Waals surface area contributed by atoms with Gasteiger partial charge in [0.05, 0.1) is 5.92 Å². The van der Waals surface area contributed by atoms with Gasteiger partial charge in [0.1, 0.15) is 5.69 Å². The van der Waals surface area contributed by atoms with E-state index in [2.05, 4.69) is 15.1 Å². The standard InChI is InChI=1S/C18H18F3N3O/c19-18(20,21)14-9-11(12-5-1-2-6-13(12)14)10-16-23-17(24-25-16)15-7-3-4-8-22-15/h3-4,7-8,11,14H,1-2,5-6,9-10H2. The van der Waals surface area contributed by atoms with Crippen molar-refractivity contribution in [2.75, 3.05) is 0 Å². The fourth-order valence-electron chi connectivity index (χ4n) is 4.07. The summed E-state index contributed by atoms with van der Waals surface area (Å²) in [6.07, 6.45) is 1.08. The summed E-state index contributed by atoms with van der Waals surface area (Å²) in [5.74, 6) is -0.699. The highest BCUT2D eigenvalue weighted by atomic mass is 19.4. The number of halogens is 3. The Labute approximate surface area is 143 Å². The van der Waals surface area contributed by atoms with Crippen LogP contribution in [-0.4, -0.2) is 21.3 Å². The molecule has 2 aliphatic carbocycles. The molecule has 2 aliphatic rings. The highest BCUT2D eigenvalue weighted by Gasteiger charge is 2.49. The number of hydrogen-bond acceptors (Lipinski definition) is 4. The van der Waals surface area contributed by atoms with Crippen molar-refractivity contribution in [3.05, 3.63) is 41.4 Å². The number of pyridine rings is 1. The topological polar surface area (TPSA) is 51.8 Å². The van der Waals surface area contributed by atoms with Crippen molar-refractivity contribution in [1.29, 1.82) is 0 Å². The van der Waals surface area contributed by atoms with Crippen LogP contribution in [0.25, 0.3) is 11.5 Å². The zero-order valence-electron chi connectivity index (χ0n) is 13.6. The van der Waals surface area contributed by atoms with Gasteiger partial charge < -0.3 is 4.52 Å². The van der Waals surface area contributed by atoms with Crippen LogP contribution >= 0.6 is 0 Å². The third-order valence-electron chi connectivity index (χ3n) is 5.17. The minimum Gasteiger partial charge on any atom is -0.339 e. The molecule has 0 bridgehead atoms. The van der Waals surface area contributed by atoms with Gasteiger partial charge in [-0.15, -0.1) is 0 Å². The fourth-order valence-corrected chi connectivity index (χ4v) is 4.07. The molecule has 0 saturated carbocycles. The van der Waals surface area contributed by atoms with Gasteiger partial charge in [0.25, 0.3) is 0 Å². The van der Waals surface area contributed by atoms with E-state index in [1.54, 1.807) is 18.3 Å². The predicted molar refractivity (Wildman–Crippen MR) is 84.4 cm³/mol. The molecule has 132 valence electrons. The molecule has 4 nitrogen and oxygen atoms in total. The van der Waals surface area contributed by atoms with E-state index >= 15 is 0 Å². The van der Waals surface area contributed by atoms with Gasteiger partial charge in [-0.2, -0.15) is 18.2 Å². The van der Waals surface area contributed by atoms with E-state index in [9.17, 15) is 13.2 Å². The lowest BCUT2D eigenvalue weighted by atomic mass is 9.87. The molecule has 0 saturated heterocycles. The van der Waals surface area contributed by atoms with Crippen LogP contribution in [0.1, 0.15) is 38.0 Å². The van der Waals surface area contributed by atoms with Gasteiger partial charge in [-0.25, -0.2) is 0 Å². The summed E-state index contributed by atoms with van der Waals surface area (Å²) in [5.41, 5.74) is 2.19. The number of aromatic nitrogens is 3. The maximum absolute atomic E-state index is 13.4. The molecule has 4 rings (SSSR count). The van der Waals surface area contributed by atoms with Gasteiger partial charge in [0.15, 0.2) is 0 Å². The second-order valence-electron chi connectivity index (χ2n) is 6.72. The minimum absolute atomic E-state index is 0.107. The molecule has 0 spiro atoms. The van der Waals surface area contributed by atoms with E-state index in [4.69, 9.17) is 4.52 Å². The summed E-state index contributed by atoms with van der Waals surface area (Å²) >= 11 is 0. The monoisotopic (exact) mass is 349 g/mol. The first-order valence-electron chi connectivity index (χ1n) is 8.55. The van der Waals surface area contributed by atoms with Crippen molar-refractivity contribution >= 4 is 0 Å². The Balaban J connectivity index is 1.55. The second-order valence-corrected chi connectivity index (χ2v) is 6.72. The van der Waals surface area contributed by atoms with E-state index < -0.39 is 12.1 Å². The molecule has 2 aromatic rings. The average molecular weight is 349 g/mol. The Kier molecular flexibility index (Phi) is 4.09. The molecule has 0 aromatic carbocycles. The van der Waals surface area contributed by atoms with Crippen molar-refractivity contribution in [2.24, 2.45) is 11.8 Å². The molecule has 0 aliphatic heterocycles. The number of hydrogen-bond donors (Lipinski definition) is 0. The summed E-state index contributed by atoms with van der Waals surface area (Å²) in [4.78, 5) is 8.49. The van der Waals surface area contributed by atoms with E-state index in [1.807, 2.05) is 6.07 Å². The summed E-state index contributed by atoms with van der Waals surface area (Å²) in [6, 6.07) is 5.38. The average Bonchev–Trinajstić information content (AvgIpc) is 3.21. The van der Waals surface area contributed by atoms with Gasteiger partial charge in [-0.05, 0) is 50.2 Å². The molecule has 25 heavy (non-hydrogen) atoms. The Morgan fingerprint density at radius 1 is 1.12 bits per heavy atom. The first kappa shape index (κ1) is 16.3. The predicted octanol–water partition coefficient (Wildman–Crippen LogP) is 4.74. The van der Waals surface area contributed by atoms with E-state index in [-0.39, 0.29) is 12.3 Å². The van der Waals surface area contributed by atoms with Gasteiger partial charge in [-0.1, -0.05) is 22.4 Å². The van der Waals surface area contributed by atoms with Crippen molar-refractivity contribution in [2.45, 2.75) is 44.7 Å². The molecule has 0 amide bonds. The molecule has 2 unspecified atom stereocenters. The molecule has 2 atom stereocenters. The lowest BCUT2D eigenvalue weighted by Crippen LogP contribution is -2.23. The molecule has 0 N–H and O–H groups in total. The molecule has 2 aromatic heterocycles. The van der Waals surface area contributed by atoms with Gasteiger partial charge in [-0.3, -0.25) is 4.98 Å². The van der Waals surface area contributed by atoms with Crippen LogP contribution < -0.4 is 0 Å². The largest absolute Gasteiger partial charge is 0.395 e. The van der Waals surface area contributed by atoms with Crippen LogP contribution in [0.15, 0.2) is 40.1 Å². The quantitative estimate of drug-likeness (QED) is 0.751. The Hall–Kier alpha value is -2.18. The maximum Gasteiger partial charge on any atom is 0.395 e. The van der Waals surface area contributed by atoms with Crippen molar-refractivity contribution in [1.82, 2.24) is 15.1 Å². The van der Waals surface area contributed by atoms with Crippen LogP contribution in [0.2, 0.25) is 0 Å². The number of rotatable bonds is 3. The summed E-state index contributed by atoms with van der Waals surface area (Å²) in [7, 11) is 0. The molecule has 7 heteroatoms. The second kappa shape index (κ2) is 6.28. The van der Waals surface area contributed by atoms with Crippen LogP contribution in [0, 0.1) is 11.8 Å². The SMILES string of the molecule is FC(F)(F)C1CC(Cc2nc(-c3ccccn3)no2)C2=C1CCCC2. The van der Waals surface area contributed by atoms with Crippen LogP contribution in [0.5, 0.6) is 0 Å². The van der Waals surface area contributed by atoms with Crippen molar-refractivity contribution in [3.63, 3.8) is 0 Å². The maximum atomic E-state index is 13.4. The van der Waals surface area contributed by atoms with Gasteiger partial charge >= 0.3 is 6.18 Å². The lowest BCUT2D eigenvalue weighted by Gasteiger charge is -2.21. The number of allylic oxidation sites excluding steroid dienone is 2. The fraction of sp³-hybridized carbons (Fsp3) is 0.500. The zero-order chi connectivity index (χ0) is 17.4. The molecule has 0 fully saturated rings. The third-order valence-corrected chi connectivity index (χ3v) is 5.17. The Morgan fingerprint density at radius 2 is 1.92 bits per heavy atom. The third kappa shape index (κ3) is 3.19. The first-order valence-corrected chi connectivity index (χ1v) is 8.55. The van der Waals surface area contributed by atoms with Crippen molar-refractivity contribution in [3.8, 4) is 11.5 Å². The molecule has 0 radical (unpaired) electrons. The van der Waals surface area contributed by atoms with Crippen molar-refractivity contribution < 1.29 is 17.7 Å². The van der Waals surface area contributed by atoms with Gasteiger partial charge in [0, 0.05) is 12.6 Å². The summed E-state index contributed by atoms with van der Waals surface area (Å²) in [5, 5.41) is 3.91. The van der Waals surface area contributed by atoms with Gasteiger partial charge in [0.2, 0.25) is 11.7 Å². The van der Waals surface area contributed by atoms with Crippen LogP contribution in [-0.2, 0) is 6.42 Å².